The van der Waals surface area contributed by atoms with Gasteiger partial charge in [0, 0.05) is 30.4 Å². The van der Waals surface area contributed by atoms with Crippen molar-refractivity contribution in [2.24, 2.45) is 0 Å². The van der Waals surface area contributed by atoms with Crippen LogP contribution in [0.3, 0.4) is 0 Å². The van der Waals surface area contributed by atoms with Gasteiger partial charge in [-0.05, 0) is 37.6 Å². The van der Waals surface area contributed by atoms with Crippen molar-refractivity contribution in [1.29, 1.82) is 5.26 Å². The number of nitrogens with zero attached hydrogens (tertiary/aromatic N) is 5. The highest BCUT2D eigenvalue weighted by Crippen LogP contribution is 2.38. The second-order valence-electron chi connectivity index (χ2n) is 7.88. The van der Waals surface area contributed by atoms with E-state index in [9.17, 15) is 18.1 Å². The lowest BCUT2D eigenvalue weighted by atomic mass is 10.0. The number of benzene rings is 1. The first-order valence-corrected chi connectivity index (χ1v) is 11.6. The molecule has 3 N–H and O–H groups in total. The first kappa shape index (κ1) is 21.3. The standard InChI is InChI=1S/C21H20FN7O3S/c1-11-17(9-23)19-13-7-18(20(24)26-10-13)32-12(2)16-8-14(22)3-4-15(16)21-25-5-6-28(21)33(30,31)29(19)27-11/h3-4,7-8,10,12,21,25H,5-6H2,1-2H3,(H2,24,26)/t12-,21?/m1/s1. The number of ether oxygens (including phenoxy) is 1. The van der Waals surface area contributed by atoms with Crippen molar-refractivity contribution in [3.8, 4) is 23.1 Å². The molecule has 5 rings (SSSR count). The largest absolute Gasteiger partial charge is 0.482 e. The van der Waals surface area contributed by atoms with Gasteiger partial charge < -0.3 is 10.5 Å². The molecular formula is C21H20FN7O3S. The minimum Gasteiger partial charge on any atom is -0.482 e. The summed E-state index contributed by atoms with van der Waals surface area (Å²) in [5.41, 5.74) is 7.77. The number of nitrogens with two attached hydrogens (primary N) is 1. The van der Waals surface area contributed by atoms with E-state index in [-0.39, 0.29) is 35.1 Å². The van der Waals surface area contributed by atoms with Gasteiger partial charge >= 0.3 is 10.2 Å². The van der Waals surface area contributed by atoms with Crippen LogP contribution >= 0.6 is 0 Å². The molecule has 1 saturated heterocycles. The predicted molar refractivity (Wildman–Crippen MR) is 117 cm³/mol. The van der Waals surface area contributed by atoms with E-state index in [2.05, 4.69) is 15.4 Å². The Morgan fingerprint density at radius 1 is 1.33 bits per heavy atom. The molecule has 12 heteroatoms. The summed E-state index contributed by atoms with van der Waals surface area (Å²) in [5, 5.41) is 17.1. The van der Waals surface area contributed by atoms with E-state index < -0.39 is 28.3 Å². The molecule has 4 heterocycles. The summed E-state index contributed by atoms with van der Waals surface area (Å²) in [6.07, 6.45) is -0.0915. The van der Waals surface area contributed by atoms with Crippen LogP contribution in [-0.4, -0.2) is 40.0 Å². The summed E-state index contributed by atoms with van der Waals surface area (Å²) in [4.78, 5) is 4.14. The molecule has 170 valence electrons. The van der Waals surface area contributed by atoms with Gasteiger partial charge in [-0.2, -0.15) is 23.1 Å². The predicted octanol–water partition coefficient (Wildman–Crippen LogP) is 2.00. The summed E-state index contributed by atoms with van der Waals surface area (Å²) in [7, 11) is -4.24. The highest BCUT2D eigenvalue weighted by Gasteiger charge is 2.40. The van der Waals surface area contributed by atoms with Crippen LogP contribution in [0.25, 0.3) is 11.3 Å². The minimum atomic E-state index is -4.24. The Kier molecular flexibility index (Phi) is 4.86. The minimum absolute atomic E-state index is 0.0744. The van der Waals surface area contributed by atoms with Crippen LogP contribution in [0, 0.1) is 24.1 Å². The Labute approximate surface area is 189 Å². The van der Waals surface area contributed by atoms with E-state index >= 15 is 0 Å². The normalized spacial score (nSPS) is 21.5. The second-order valence-corrected chi connectivity index (χ2v) is 9.59. The zero-order valence-corrected chi connectivity index (χ0v) is 18.6. The van der Waals surface area contributed by atoms with E-state index in [1.54, 1.807) is 13.8 Å². The smallest absolute Gasteiger partial charge is 0.325 e. The summed E-state index contributed by atoms with van der Waals surface area (Å²) in [6.45, 7) is 3.82. The van der Waals surface area contributed by atoms with Gasteiger partial charge in [-0.1, -0.05) is 6.07 Å². The SMILES string of the molecule is Cc1nn2c(c1C#N)-c1cnc(N)c(c1)O[C@H](C)c1cc(F)ccc1C1NCCN1S2(=O)=O. The number of hydrogen-bond acceptors (Lipinski definition) is 8. The third-order valence-corrected chi connectivity index (χ3v) is 7.54. The molecule has 0 amide bonds. The fraction of sp³-hybridized carbons (Fsp3) is 0.286. The number of hydrogen-bond donors (Lipinski definition) is 2. The number of rotatable bonds is 0. The van der Waals surface area contributed by atoms with Gasteiger partial charge in [0.2, 0.25) is 0 Å². The molecule has 1 aromatic carbocycles. The lowest BCUT2D eigenvalue weighted by Gasteiger charge is -2.28. The third kappa shape index (κ3) is 3.24. The third-order valence-electron chi connectivity index (χ3n) is 5.86. The summed E-state index contributed by atoms with van der Waals surface area (Å²) >= 11 is 0. The van der Waals surface area contributed by atoms with Gasteiger partial charge in [0.15, 0.2) is 11.6 Å². The number of nitrogen functional groups attached to an aromatic ring is 1. The highest BCUT2D eigenvalue weighted by molar-refractivity contribution is 7.87. The van der Waals surface area contributed by atoms with Crippen LogP contribution in [0.15, 0.2) is 30.5 Å². The Morgan fingerprint density at radius 2 is 2.12 bits per heavy atom. The lowest BCUT2D eigenvalue weighted by Crippen LogP contribution is -2.39. The Bertz CT molecular complexity index is 1430. The molecule has 0 aliphatic carbocycles. The molecule has 2 atom stereocenters. The molecule has 2 aromatic heterocycles. The fourth-order valence-corrected chi connectivity index (χ4v) is 5.92. The average molecular weight is 470 g/mol. The maximum atomic E-state index is 14.2. The number of anilines is 1. The number of nitrogens with one attached hydrogen (secondary N) is 1. The van der Waals surface area contributed by atoms with Crippen molar-refractivity contribution >= 4 is 16.0 Å². The number of halogens is 1. The zero-order valence-electron chi connectivity index (χ0n) is 17.8. The molecular weight excluding hydrogens is 449 g/mol. The first-order chi connectivity index (χ1) is 15.7. The van der Waals surface area contributed by atoms with Crippen LogP contribution < -0.4 is 15.8 Å². The van der Waals surface area contributed by atoms with Gasteiger partial charge in [-0.3, -0.25) is 5.32 Å². The number of aromatic nitrogens is 3. The Balaban J connectivity index is 1.86. The van der Waals surface area contributed by atoms with Crippen LogP contribution in [-0.2, 0) is 10.2 Å². The molecule has 33 heavy (non-hydrogen) atoms. The van der Waals surface area contributed by atoms with Gasteiger partial charge in [-0.15, -0.1) is 4.09 Å². The van der Waals surface area contributed by atoms with Crippen molar-refractivity contribution < 1.29 is 17.5 Å². The van der Waals surface area contributed by atoms with Crippen molar-refractivity contribution in [2.75, 3.05) is 18.8 Å². The van der Waals surface area contributed by atoms with E-state index in [0.717, 1.165) is 4.09 Å². The monoisotopic (exact) mass is 469 g/mol. The van der Waals surface area contributed by atoms with Gasteiger partial charge in [-0.25, -0.2) is 9.37 Å². The first-order valence-electron chi connectivity index (χ1n) is 10.2. The molecule has 0 radical (unpaired) electrons. The fourth-order valence-electron chi connectivity index (χ4n) is 4.29. The maximum absolute atomic E-state index is 14.2. The van der Waals surface area contributed by atoms with Crippen molar-refractivity contribution in [3.05, 3.63) is 58.7 Å². The van der Waals surface area contributed by atoms with E-state index in [4.69, 9.17) is 10.5 Å². The van der Waals surface area contributed by atoms with Crippen LogP contribution in [0.1, 0.15) is 41.6 Å². The van der Waals surface area contributed by atoms with Gasteiger partial charge in [0.05, 0.1) is 5.69 Å². The van der Waals surface area contributed by atoms with Crippen molar-refractivity contribution in [2.45, 2.75) is 26.1 Å². The van der Waals surface area contributed by atoms with E-state index in [1.807, 2.05) is 6.07 Å². The van der Waals surface area contributed by atoms with Crippen LogP contribution in [0.5, 0.6) is 5.75 Å². The van der Waals surface area contributed by atoms with Crippen molar-refractivity contribution in [3.63, 3.8) is 0 Å². The van der Waals surface area contributed by atoms with Crippen LogP contribution in [0.4, 0.5) is 10.2 Å². The molecule has 2 bridgehead atoms. The Morgan fingerprint density at radius 3 is 2.88 bits per heavy atom. The number of fused-ring (bicyclic) bond motifs is 7. The summed E-state index contributed by atoms with van der Waals surface area (Å²) in [6, 6.07) is 7.69. The van der Waals surface area contributed by atoms with Gasteiger partial charge in [0.25, 0.3) is 0 Å². The molecule has 2 aliphatic rings. The molecule has 2 aliphatic heterocycles. The molecule has 0 saturated carbocycles. The van der Waals surface area contributed by atoms with E-state index in [0.29, 0.717) is 23.2 Å². The van der Waals surface area contributed by atoms with Crippen molar-refractivity contribution in [1.82, 2.24) is 23.8 Å². The Hall–Kier alpha value is -3.53. The number of aryl methyl sites for hydroxylation is 1. The topological polar surface area (TPSA) is 139 Å². The molecule has 0 spiro atoms. The molecule has 3 aromatic rings. The van der Waals surface area contributed by atoms with Crippen LogP contribution in [0.2, 0.25) is 0 Å². The maximum Gasteiger partial charge on any atom is 0.325 e. The number of pyridine rings is 1. The summed E-state index contributed by atoms with van der Waals surface area (Å²) in [5.74, 6) is -0.226. The summed E-state index contributed by atoms with van der Waals surface area (Å²) < 4.78 is 50.1. The van der Waals surface area contributed by atoms with Gasteiger partial charge in [0.1, 0.15) is 35.4 Å². The average Bonchev–Trinajstić information content (AvgIpc) is 3.40. The molecule has 10 nitrogen and oxygen atoms in total. The van der Waals surface area contributed by atoms with E-state index in [1.165, 1.54) is 34.8 Å². The molecule has 1 unspecified atom stereocenters. The lowest BCUT2D eigenvalue weighted by molar-refractivity contribution is 0.223. The second kappa shape index (κ2) is 7.51. The molecule has 1 fully saturated rings. The highest BCUT2D eigenvalue weighted by atomic mass is 32.2. The number of nitriles is 1. The zero-order chi connectivity index (χ0) is 23.5. The quantitative estimate of drug-likeness (QED) is 0.510.